The maximum absolute atomic E-state index is 12.2. The number of sulfonamides is 1. The highest BCUT2D eigenvalue weighted by molar-refractivity contribution is 7.89. The Morgan fingerprint density at radius 2 is 1.76 bits per heavy atom. The predicted octanol–water partition coefficient (Wildman–Crippen LogP) is 0.538. The number of piperidine rings is 1. The molecule has 1 aliphatic rings. The predicted molar refractivity (Wildman–Crippen MR) is 62.1 cm³/mol. The third kappa shape index (κ3) is 2.43. The zero-order valence-electron chi connectivity index (χ0n) is 9.28. The van der Waals surface area contributed by atoms with Gasteiger partial charge in [-0.1, -0.05) is 12.1 Å². The first-order valence-corrected chi connectivity index (χ1v) is 6.92. The molecule has 1 aromatic carbocycles. The SMILES string of the molecule is O=S(=O)(c1ccccc1O)N1CCC(O)CC1. The second kappa shape index (κ2) is 4.64. The molecule has 0 spiro atoms. The van der Waals surface area contributed by atoms with Crippen LogP contribution in [0.3, 0.4) is 0 Å². The summed E-state index contributed by atoms with van der Waals surface area (Å²) in [5.74, 6) is -0.237. The first-order chi connectivity index (χ1) is 8.01. The van der Waals surface area contributed by atoms with Gasteiger partial charge in [-0.3, -0.25) is 0 Å². The number of aliphatic hydroxyl groups is 1. The molecule has 0 atom stereocenters. The van der Waals surface area contributed by atoms with Crippen LogP contribution in [0, 0.1) is 0 Å². The van der Waals surface area contributed by atoms with Gasteiger partial charge in [-0.15, -0.1) is 0 Å². The number of para-hydroxylation sites is 1. The van der Waals surface area contributed by atoms with Crippen LogP contribution in [0.1, 0.15) is 12.8 Å². The molecular formula is C11H15NO4S. The van der Waals surface area contributed by atoms with Crippen LogP contribution >= 0.6 is 0 Å². The Balaban J connectivity index is 2.28. The standard InChI is InChI=1S/C11H15NO4S/c13-9-5-7-12(8-6-9)17(15,16)11-4-2-1-3-10(11)14/h1-4,9,13-14H,5-8H2. The molecule has 0 unspecified atom stereocenters. The second-order valence-electron chi connectivity index (χ2n) is 4.10. The number of hydrogen-bond donors (Lipinski definition) is 2. The molecule has 17 heavy (non-hydrogen) atoms. The number of phenols is 1. The van der Waals surface area contributed by atoms with Crippen molar-refractivity contribution in [2.24, 2.45) is 0 Å². The highest BCUT2D eigenvalue weighted by Gasteiger charge is 2.30. The third-order valence-corrected chi connectivity index (χ3v) is 4.85. The van der Waals surface area contributed by atoms with E-state index in [0.29, 0.717) is 12.8 Å². The number of aromatic hydroxyl groups is 1. The molecule has 0 aliphatic carbocycles. The Morgan fingerprint density at radius 1 is 1.18 bits per heavy atom. The largest absolute Gasteiger partial charge is 0.507 e. The average molecular weight is 257 g/mol. The lowest BCUT2D eigenvalue weighted by atomic mass is 10.1. The van der Waals surface area contributed by atoms with E-state index in [0.717, 1.165) is 0 Å². The Labute approximate surface area is 100 Å². The number of hydrogen-bond acceptors (Lipinski definition) is 4. The van der Waals surface area contributed by atoms with Gasteiger partial charge in [0.2, 0.25) is 10.0 Å². The van der Waals surface area contributed by atoms with E-state index in [1.807, 2.05) is 0 Å². The van der Waals surface area contributed by atoms with E-state index in [1.165, 1.54) is 16.4 Å². The molecule has 1 aliphatic heterocycles. The monoisotopic (exact) mass is 257 g/mol. The van der Waals surface area contributed by atoms with E-state index in [2.05, 4.69) is 0 Å². The second-order valence-corrected chi connectivity index (χ2v) is 6.01. The fraction of sp³-hybridized carbons (Fsp3) is 0.455. The van der Waals surface area contributed by atoms with Crippen molar-refractivity contribution in [2.45, 2.75) is 23.8 Å². The molecule has 0 radical (unpaired) electrons. The summed E-state index contributed by atoms with van der Waals surface area (Å²) in [5, 5.41) is 18.9. The molecule has 1 fully saturated rings. The van der Waals surface area contributed by atoms with Gasteiger partial charge in [0, 0.05) is 13.1 Å². The Bertz CT molecular complexity index is 492. The third-order valence-electron chi connectivity index (χ3n) is 2.91. The van der Waals surface area contributed by atoms with Crippen molar-refractivity contribution in [2.75, 3.05) is 13.1 Å². The molecule has 0 saturated carbocycles. The Morgan fingerprint density at radius 3 is 2.35 bits per heavy atom. The van der Waals surface area contributed by atoms with Crippen molar-refractivity contribution < 1.29 is 18.6 Å². The first-order valence-electron chi connectivity index (χ1n) is 5.48. The molecule has 0 aromatic heterocycles. The smallest absolute Gasteiger partial charge is 0.246 e. The summed E-state index contributed by atoms with van der Waals surface area (Å²) < 4.78 is 25.7. The fourth-order valence-electron chi connectivity index (χ4n) is 1.90. The lowest BCUT2D eigenvalue weighted by Gasteiger charge is -2.28. The maximum Gasteiger partial charge on any atom is 0.246 e. The number of nitrogens with zero attached hydrogens (tertiary/aromatic N) is 1. The summed E-state index contributed by atoms with van der Waals surface area (Å²) in [4.78, 5) is -0.0728. The Hall–Kier alpha value is -1.11. The van der Waals surface area contributed by atoms with Gasteiger partial charge in [-0.2, -0.15) is 4.31 Å². The van der Waals surface area contributed by atoms with Crippen LogP contribution in [0.5, 0.6) is 5.75 Å². The molecule has 94 valence electrons. The number of phenolic OH excluding ortho intramolecular Hbond substituents is 1. The Kier molecular flexibility index (Phi) is 3.37. The van der Waals surface area contributed by atoms with Crippen LogP contribution in [0.25, 0.3) is 0 Å². The molecule has 2 rings (SSSR count). The van der Waals surface area contributed by atoms with E-state index < -0.39 is 16.1 Å². The van der Waals surface area contributed by atoms with Crippen LogP contribution in [-0.2, 0) is 10.0 Å². The van der Waals surface area contributed by atoms with Crippen molar-refractivity contribution in [1.82, 2.24) is 4.31 Å². The zero-order valence-corrected chi connectivity index (χ0v) is 10.1. The van der Waals surface area contributed by atoms with E-state index >= 15 is 0 Å². The highest BCUT2D eigenvalue weighted by Crippen LogP contribution is 2.27. The van der Waals surface area contributed by atoms with Crippen molar-refractivity contribution in [1.29, 1.82) is 0 Å². The molecule has 1 saturated heterocycles. The summed E-state index contributed by atoms with van der Waals surface area (Å²) in [6.07, 6.45) is 0.449. The summed E-state index contributed by atoms with van der Waals surface area (Å²) in [6, 6.07) is 5.89. The van der Waals surface area contributed by atoms with E-state index in [9.17, 15) is 18.6 Å². The minimum atomic E-state index is -3.64. The van der Waals surface area contributed by atoms with Crippen LogP contribution in [0.2, 0.25) is 0 Å². The molecule has 6 heteroatoms. The molecule has 1 heterocycles. The van der Waals surface area contributed by atoms with E-state index in [1.54, 1.807) is 12.1 Å². The minimum Gasteiger partial charge on any atom is -0.507 e. The molecule has 2 N–H and O–H groups in total. The normalized spacial score (nSPS) is 19.4. The van der Waals surface area contributed by atoms with Crippen molar-refractivity contribution in [3.05, 3.63) is 24.3 Å². The summed E-state index contributed by atoms with van der Waals surface area (Å²) >= 11 is 0. The van der Waals surface area contributed by atoms with E-state index in [-0.39, 0.29) is 23.7 Å². The van der Waals surface area contributed by atoms with Crippen LogP contribution in [0.15, 0.2) is 29.2 Å². The van der Waals surface area contributed by atoms with Gasteiger partial charge in [-0.05, 0) is 25.0 Å². The van der Waals surface area contributed by atoms with Gasteiger partial charge in [-0.25, -0.2) is 8.42 Å². The molecular weight excluding hydrogens is 242 g/mol. The molecule has 0 amide bonds. The lowest BCUT2D eigenvalue weighted by Crippen LogP contribution is -2.39. The molecule has 1 aromatic rings. The summed E-state index contributed by atoms with van der Waals surface area (Å²) in [7, 11) is -3.64. The van der Waals surface area contributed by atoms with Crippen molar-refractivity contribution in [3.63, 3.8) is 0 Å². The average Bonchev–Trinajstić information content (AvgIpc) is 2.30. The van der Waals surface area contributed by atoms with Crippen LogP contribution < -0.4 is 0 Å². The van der Waals surface area contributed by atoms with Gasteiger partial charge in [0.05, 0.1) is 6.10 Å². The fourth-order valence-corrected chi connectivity index (χ4v) is 3.45. The van der Waals surface area contributed by atoms with Gasteiger partial charge in [0.25, 0.3) is 0 Å². The van der Waals surface area contributed by atoms with Crippen molar-refractivity contribution in [3.8, 4) is 5.75 Å². The quantitative estimate of drug-likeness (QED) is 0.810. The van der Waals surface area contributed by atoms with Gasteiger partial charge < -0.3 is 10.2 Å². The lowest BCUT2D eigenvalue weighted by molar-refractivity contribution is 0.113. The highest BCUT2D eigenvalue weighted by atomic mass is 32.2. The molecule has 5 nitrogen and oxygen atoms in total. The molecule has 0 bridgehead atoms. The van der Waals surface area contributed by atoms with Crippen LogP contribution in [0.4, 0.5) is 0 Å². The number of benzene rings is 1. The number of rotatable bonds is 2. The van der Waals surface area contributed by atoms with Crippen molar-refractivity contribution >= 4 is 10.0 Å². The zero-order chi connectivity index (χ0) is 12.5. The topological polar surface area (TPSA) is 77.8 Å². The van der Waals surface area contributed by atoms with Gasteiger partial charge in [0.15, 0.2) is 0 Å². The van der Waals surface area contributed by atoms with Gasteiger partial charge in [0.1, 0.15) is 10.6 Å². The number of aliphatic hydroxyl groups excluding tert-OH is 1. The van der Waals surface area contributed by atoms with E-state index in [4.69, 9.17) is 0 Å². The first kappa shape index (κ1) is 12.3. The summed E-state index contributed by atoms with van der Waals surface area (Å²) in [6.45, 7) is 0.579. The minimum absolute atomic E-state index is 0.0728. The summed E-state index contributed by atoms with van der Waals surface area (Å²) in [5.41, 5.74) is 0. The maximum atomic E-state index is 12.2. The van der Waals surface area contributed by atoms with Crippen LogP contribution in [-0.4, -0.2) is 42.1 Å². The van der Waals surface area contributed by atoms with Gasteiger partial charge >= 0.3 is 0 Å².